The number of carbonyl (C=O) groups is 1. The minimum Gasteiger partial charge on any atom is -0.347 e. The zero-order valence-electron chi connectivity index (χ0n) is 13.6. The zero-order chi connectivity index (χ0) is 16.8. The van der Waals surface area contributed by atoms with Gasteiger partial charge in [0.25, 0.3) is 5.91 Å². The molecule has 0 spiro atoms. The first-order valence-electron chi connectivity index (χ1n) is 8.08. The van der Waals surface area contributed by atoms with Crippen LogP contribution in [0.2, 0.25) is 0 Å². The van der Waals surface area contributed by atoms with Crippen LogP contribution in [0.15, 0.2) is 66.7 Å². The predicted molar refractivity (Wildman–Crippen MR) is 93.5 cm³/mol. The molecule has 3 atom stereocenters. The van der Waals surface area contributed by atoms with E-state index in [0.29, 0.717) is 12.2 Å². The highest BCUT2D eigenvalue weighted by Crippen LogP contribution is 2.16. The second-order valence-electron chi connectivity index (χ2n) is 5.76. The molecule has 2 aromatic carbocycles. The van der Waals surface area contributed by atoms with Crippen LogP contribution in [0.5, 0.6) is 0 Å². The molecular formula is C20H21NO3. The van der Waals surface area contributed by atoms with Gasteiger partial charge in [-0.3, -0.25) is 4.79 Å². The third-order valence-corrected chi connectivity index (χ3v) is 3.95. The summed E-state index contributed by atoms with van der Waals surface area (Å²) >= 11 is 0. The normalized spacial score (nSPS) is 24.0. The molecule has 1 fully saturated rings. The summed E-state index contributed by atoms with van der Waals surface area (Å²) in [6, 6.07) is 19.0. The van der Waals surface area contributed by atoms with Crippen LogP contribution in [-0.4, -0.2) is 30.9 Å². The number of hydrogen-bond acceptors (Lipinski definition) is 3. The first kappa shape index (κ1) is 16.4. The Morgan fingerprint density at radius 1 is 1.08 bits per heavy atom. The molecule has 1 heterocycles. The fourth-order valence-electron chi connectivity index (χ4n) is 2.53. The van der Waals surface area contributed by atoms with E-state index >= 15 is 0 Å². The average molecular weight is 323 g/mol. The zero-order valence-corrected chi connectivity index (χ0v) is 13.6. The maximum absolute atomic E-state index is 12.2. The largest absolute Gasteiger partial charge is 0.347 e. The lowest BCUT2D eigenvalue weighted by molar-refractivity contribution is -0.192. The molecule has 2 aromatic rings. The topological polar surface area (TPSA) is 47.6 Å². The third kappa shape index (κ3) is 4.31. The summed E-state index contributed by atoms with van der Waals surface area (Å²) in [5.74, 6) is -0.113. The predicted octanol–water partition coefficient (Wildman–Crippen LogP) is 3.26. The van der Waals surface area contributed by atoms with E-state index in [1.54, 1.807) is 12.1 Å². The Kier molecular flexibility index (Phi) is 5.41. The molecule has 3 rings (SSSR count). The maximum Gasteiger partial charge on any atom is 0.251 e. The Balaban J connectivity index is 1.54. The monoisotopic (exact) mass is 323 g/mol. The van der Waals surface area contributed by atoms with Gasteiger partial charge in [0.05, 0.1) is 18.8 Å². The fraction of sp³-hybridized carbons (Fsp3) is 0.250. The maximum atomic E-state index is 12.2. The molecule has 0 unspecified atom stereocenters. The molecule has 1 saturated heterocycles. The first-order valence-corrected chi connectivity index (χ1v) is 8.08. The van der Waals surface area contributed by atoms with E-state index in [1.165, 1.54) is 0 Å². The van der Waals surface area contributed by atoms with E-state index in [4.69, 9.17) is 9.47 Å². The standard InChI is InChI=1S/C20H21NO3/c1-15-18(21-20(22)17-10-6-3-7-11-17)14-23-19(24-15)13-12-16-8-4-2-5-9-16/h2-13,15,18-19H,14H2,1H3,(H,21,22)/b13-12+/t15-,18-,19-/m1/s1. The number of benzene rings is 2. The molecule has 1 aliphatic heterocycles. The van der Waals surface area contributed by atoms with Crippen LogP contribution in [-0.2, 0) is 9.47 Å². The van der Waals surface area contributed by atoms with Crippen molar-refractivity contribution < 1.29 is 14.3 Å². The van der Waals surface area contributed by atoms with Crippen molar-refractivity contribution in [3.8, 4) is 0 Å². The first-order chi connectivity index (χ1) is 11.7. The van der Waals surface area contributed by atoms with Crippen molar-refractivity contribution in [3.63, 3.8) is 0 Å². The van der Waals surface area contributed by atoms with Gasteiger partial charge in [-0.1, -0.05) is 54.6 Å². The van der Waals surface area contributed by atoms with E-state index in [-0.39, 0.29) is 18.1 Å². The molecule has 0 aromatic heterocycles. The van der Waals surface area contributed by atoms with Crippen molar-refractivity contribution in [3.05, 3.63) is 77.9 Å². The molecule has 0 bridgehead atoms. The second-order valence-corrected chi connectivity index (χ2v) is 5.76. The Bertz CT molecular complexity index is 685. The van der Waals surface area contributed by atoms with E-state index in [9.17, 15) is 4.79 Å². The van der Waals surface area contributed by atoms with Crippen LogP contribution < -0.4 is 5.32 Å². The van der Waals surface area contributed by atoms with Gasteiger partial charge in [-0.15, -0.1) is 0 Å². The van der Waals surface area contributed by atoms with Gasteiger partial charge in [-0.25, -0.2) is 0 Å². The van der Waals surface area contributed by atoms with Crippen LogP contribution in [0.1, 0.15) is 22.8 Å². The van der Waals surface area contributed by atoms with Crippen molar-refractivity contribution in [1.29, 1.82) is 0 Å². The van der Waals surface area contributed by atoms with Crippen molar-refractivity contribution in [2.24, 2.45) is 0 Å². The van der Waals surface area contributed by atoms with Crippen molar-refractivity contribution >= 4 is 12.0 Å². The molecule has 4 nitrogen and oxygen atoms in total. The van der Waals surface area contributed by atoms with Gasteiger partial charge in [0.2, 0.25) is 0 Å². The van der Waals surface area contributed by atoms with Gasteiger partial charge in [-0.05, 0) is 30.7 Å². The van der Waals surface area contributed by atoms with Gasteiger partial charge in [-0.2, -0.15) is 0 Å². The van der Waals surface area contributed by atoms with E-state index in [0.717, 1.165) is 5.56 Å². The Morgan fingerprint density at radius 2 is 1.75 bits per heavy atom. The van der Waals surface area contributed by atoms with Crippen molar-refractivity contribution in [2.45, 2.75) is 25.4 Å². The molecule has 24 heavy (non-hydrogen) atoms. The Labute approximate surface area is 142 Å². The lowest BCUT2D eigenvalue weighted by atomic mass is 10.1. The van der Waals surface area contributed by atoms with Crippen LogP contribution in [0.3, 0.4) is 0 Å². The lowest BCUT2D eigenvalue weighted by Gasteiger charge is -2.34. The molecule has 4 heteroatoms. The number of amides is 1. The molecule has 1 aliphatic rings. The number of rotatable bonds is 4. The molecule has 124 valence electrons. The third-order valence-electron chi connectivity index (χ3n) is 3.95. The summed E-state index contributed by atoms with van der Waals surface area (Å²) in [7, 11) is 0. The van der Waals surface area contributed by atoms with Crippen LogP contribution in [0.4, 0.5) is 0 Å². The number of ether oxygens (including phenoxy) is 2. The summed E-state index contributed by atoms with van der Waals surface area (Å²) in [4.78, 5) is 12.2. The van der Waals surface area contributed by atoms with Crippen molar-refractivity contribution in [1.82, 2.24) is 5.32 Å². The van der Waals surface area contributed by atoms with E-state index in [1.807, 2.05) is 67.6 Å². The van der Waals surface area contributed by atoms with Gasteiger partial charge >= 0.3 is 0 Å². The summed E-state index contributed by atoms with van der Waals surface area (Å²) in [5, 5.41) is 2.97. The Hall–Kier alpha value is -2.43. The Morgan fingerprint density at radius 3 is 2.42 bits per heavy atom. The van der Waals surface area contributed by atoms with E-state index in [2.05, 4.69) is 5.32 Å². The summed E-state index contributed by atoms with van der Waals surface area (Å²) in [6.45, 7) is 2.37. The van der Waals surface area contributed by atoms with E-state index < -0.39 is 6.29 Å². The number of carbonyl (C=O) groups excluding carboxylic acids is 1. The van der Waals surface area contributed by atoms with Crippen LogP contribution in [0, 0.1) is 0 Å². The number of hydrogen-bond donors (Lipinski definition) is 1. The van der Waals surface area contributed by atoms with Crippen molar-refractivity contribution in [2.75, 3.05) is 6.61 Å². The van der Waals surface area contributed by atoms with Gasteiger partial charge in [0.15, 0.2) is 6.29 Å². The second kappa shape index (κ2) is 7.90. The SMILES string of the molecule is C[C@H]1O[C@H](/C=C/c2ccccc2)OC[C@H]1NC(=O)c1ccccc1. The molecular weight excluding hydrogens is 302 g/mol. The smallest absolute Gasteiger partial charge is 0.251 e. The minimum absolute atomic E-state index is 0.113. The lowest BCUT2D eigenvalue weighted by Crippen LogP contribution is -2.51. The quantitative estimate of drug-likeness (QED) is 0.939. The van der Waals surface area contributed by atoms with Gasteiger partial charge < -0.3 is 14.8 Å². The molecule has 0 radical (unpaired) electrons. The highest BCUT2D eigenvalue weighted by molar-refractivity contribution is 5.94. The summed E-state index contributed by atoms with van der Waals surface area (Å²) in [6.07, 6.45) is 3.34. The highest BCUT2D eigenvalue weighted by Gasteiger charge is 2.29. The fourth-order valence-corrected chi connectivity index (χ4v) is 2.53. The average Bonchev–Trinajstić information content (AvgIpc) is 2.63. The van der Waals surface area contributed by atoms with Crippen LogP contribution >= 0.6 is 0 Å². The summed E-state index contributed by atoms with van der Waals surface area (Å²) in [5.41, 5.74) is 1.73. The summed E-state index contributed by atoms with van der Waals surface area (Å²) < 4.78 is 11.5. The molecule has 0 aliphatic carbocycles. The molecule has 1 amide bonds. The molecule has 1 N–H and O–H groups in total. The van der Waals surface area contributed by atoms with Crippen LogP contribution in [0.25, 0.3) is 6.08 Å². The van der Waals surface area contributed by atoms with Gasteiger partial charge in [0.1, 0.15) is 0 Å². The molecule has 0 saturated carbocycles. The minimum atomic E-state index is -0.398. The number of nitrogens with one attached hydrogen (secondary N) is 1. The highest BCUT2D eigenvalue weighted by atomic mass is 16.7. The van der Waals surface area contributed by atoms with Gasteiger partial charge in [0, 0.05) is 5.56 Å².